The second-order valence-electron chi connectivity index (χ2n) is 4.63. The molecule has 5 heteroatoms. The largest absolute Gasteiger partial charge is 0.351 e. The minimum Gasteiger partial charge on any atom is -0.351 e. The highest BCUT2D eigenvalue weighted by Crippen LogP contribution is 2.28. The monoisotopic (exact) mass is 327 g/mol. The fourth-order valence-electron chi connectivity index (χ4n) is 1.93. The first kappa shape index (κ1) is 15.5. The van der Waals surface area contributed by atoms with E-state index in [1.54, 1.807) is 12.1 Å². The maximum absolute atomic E-state index is 12.3. The number of thioether (sulfide) groups is 1. The van der Waals surface area contributed by atoms with Crippen LogP contribution >= 0.6 is 35.0 Å². The van der Waals surface area contributed by atoms with Gasteiger partial charge in [0.25, 0.3) is 0 Å². The van der Waals surface area contributed by atoms with Crippen molar-refractivity contribution in [2.75, 3.05) is 5.75 Å². The molecule has 2 rings (SSSR count). The number of carbonyl (C=O) groups is 1. The van der Waals surface area contributed by atoms with E-state index in [9.17, 15) is 4.79 Å². The van der Waals surface area contributed by atoms with Gasteiger partial charge in [-0.15, -0.1) is 11.8 Å². The summed E-state index contributed by atoms with van der Waals surface area (Å²) in [5, 5.41) is 1.03. The second-order valence-corrected chi connectivity index (χ2v) is 6.49. The third kappa shape index (κ3) is 3.22. The van der Waals surface area contributed by atoms with Gasteiger partial charge in [0.05, 0.1) is 15.8 Å². The van der Waals surface area contributed by atoms with Gasteiger partial charge in [0.2, 0.25) is 0 Å². The molecule has 0 saturated heterocycles. The zero-order valence-corrected chi connectivity index (χ0v) is 13.9. The Bertz CT molecular complexity index is 664. The predicted molar refractivity (Wildman–Crippen MR) is 86.4 cm³/mol. The van der Waals surface area contributed by atoms with Crippen molar-refractivity contribution in [1.82, 2.24) is 4.57 Å². The average Bonchev–Trinajstić information content (AvgIpc) is 2.67. The highest BCUT2D eigenvalue weighted by atomic mass is 35.5. The molecule has 0 bridgehead atoms. The summed E-state index contributed by atoms with van der Waals surface area (Å²) in [5.41, 5.74) is 2.88. The zero-order valence-electron chi connectivity index (χ0n) is 11.5. The van der Waals surface area contributed by atoms with Gasteiger partial charge < -0.3 is 4.57 Å². The fraction of sp³-hybridized carbons (Fsp3) is 0.267. The van der Waals surface area contributed by atoms with Crippen molar-refractivity contribution in [3.8, 4) is 0 Å². The molecular formula is C15H15Cl2NOS. The van der Waals surface area contributed by atoms with E-state index in [2.05, 4.69) is 0 Å². The summed E-state index contributed by atoms with van der Waals surface area (Å²) in [7, 11) is 1.97. The minimum absolute atomic E-state index is 0.127. The van der Waals surface area contributed by atoms with Crippen LogP contribution in [0.5, 0.6) is 0 Å². The van der Waals surface area contributed by atoms with Crippen molar-refractivity contribution in [2.45, 2.75) is 18.7 Å². The van der Waals surface area contributed by atoms with Crippen LogP contribution in [0.25, 0.3) is 0 Å². The lowest BCUT2D eigenvalue weighted by atomic mass is 10.2. The van der Waals surface area contributed by atoms with Crippen LogP contribution in [0.1, 0.15) is 21.7 Å². The molecular weight excluding hydrogens is 313 g/mol. The summed E-state index contributed by atoms with van der Waals surface area (Å²) >= 11 is 13.3. The van der Waals surface area contributed by atoms with Crippen LogP contribution in [-0.2, 0) is 7.05 Å². The van der Waals surface area contributed by atoms with E-state index in [1.165, 1.54) is 11.8 Å². The van der Waals surface area contributed by atoms with Crippen molar-refractivity contribution >= 4 is 40.7 Å². The standard InChI is InChI=1S/C15H15Cl2NOS/c1-9-6-12(10(2)18(9)3)15(19)8-20-11-4-5-13(16)14(17)7-11/h4-7H,8H2,1-3H3. The predicted octanol–water partition coefficient (Wildman–Crippen LogP) is 4.92. The number of Topliss-reactive ketones (excluding diaryl/α,β-unsaturated/α-hetero) is 1. The number of carbonyl (C=O) groups excluding carboxylic acids is 1. The Labute approximate surface area is 133 Å². The van der Waals surface area contributed by atoms with Crippen LogP contribution in [0.3, 0.4) is 0 Å². The number of hydrogen-bond acceptors (Lipinski definition) is 2. The van der Waals surface area contributed by atoms with Crippen LogP contribution in [0.4, 0.5) is 0 Å². The maximum atomic E-state index is 12.3. The highest BCUT2D eigenvalue weighted by Gasteiger charge is 2.14. The maximum Gasteiger partial charge on any atom is 0.174 e. The van der Waals surface area contributed by atoms with Crippen LogP contribution < -0.4 is 0 Å². The Balaban J connectivity index is 2.08. The third-order valence-electron chi connectivity index (χ3n) is 3.34. The Morgan fingerprint density at radius 3 is 2.45 bits per heavy atom. The molecule has 0 N–H and O–H groups in total. The van der Waals surface area contributed by atoms with E-state index in [4.69, 9.17) is 23.2 Å². The number of aryl methyl sites for hydroxylation is 1. The Kier molecular flexibility index (Phi) is 4.84. The minimum atomic E-state index is 0.127. The Morgan fingerprint density at radius 2 is 1.90 bits per heavy atom. The van der Waals surface area contributed by atoms with Gasteiger partial charge in [-0.25, -0.2) is 0 Å². The van der Waals surface area contributed by atoms with Crippen LogP contribution in [0, 0.1) is 13.8 Å². The molecule has 0 saturated carbocycles. The number of halogens is 2. The number of aromatic nitrogens is 1. The van der Waals surface area contributed by atoms with E-state index in [0.29, 0.717) is 15.8 Å². The van der Waals surface area contributed by atoms with E-state index < -0.39 is 0 Å². The van der Waals surface area contributed by atoms with Gasteiger partial charge >= 0.3 is 0 Å². The van der Waals surface area contributed by atoms with Crippen LogP contribution in [-0.4, -0.2) is 16.1 Å². The number of hydrogen-bond donors (Lipinski definition) is 0. The van der Waals surface area contributed by atoms with Crippen molar-refractivity contribution in [2.24, 2.45) is 7.05 Å². The van der Waals surface area contributed by atoms with E-state index in [-0.39, 0.29) is 5.78 Å². The summed E-state index contributed by atoms with van der Waals surface area (Å²) < 4.78 is 2.02. The molecule has 1 aromatic carbocycles. The molecule has 2 aromatic rings. The quantitative estimate of drug-likeness (QED) is 0.587. The first-order chi connectivity index (χ1) is 9.40. The molecule has 106 valence electrons. The molecule has 1 heterocycles. The summed E-state index contributed by atoms with van der Waals surface area (Å²) in [4.78, 5) is 13.2. The Morgan fingerprint density at radius 1 is 1.20 bits per heavy atom. The van der Waals surface area contributed by atoms with E-state index >= 15 is 0 Å². The Hall–Kier alpha value is -0.900. The number of ketones is 1. The summed E-state index contributed by atoms with van der Waals surface area (Å²) in [5.74, 6) is 0.518. The second kappa shape index (κ2) is 6.25. The summed E-state index contributed by atoms with van der Waals surface area (Å²) in [6, 6.07) is 7.34. The van der Waals surface area contributed by atoms with Gasteiger partial charge in [0, 0.05) is 28.9 Å². The highest BCUT2D eigenvalue weighted by molar-refractivity contribution is 8.00. The lowest BCUT2D eigenvalue weighted by Crippen LogP contribution is -2.04. The molecule has 0 amide bonds. The summed E-state index contributed by atoms with van der Waals surface area (Å²) in [6.07, 6.45) is 0. The molecule has 0 radical (unpaired) electrons. The average molecular weight is 328 g/mol. The molecule has 0 unspecified atom stereocenters. The number of nitrogens with zero attached hydrogens (tertiary/aromatic N) is 1. The normalized spacial score (nSPS) is 10.8. The third-order valence-corrected chi connectivity index (χ3v) is 5.07. The zero-order chi connectivity index (χ0) is 14.9. The molecule has 0 atom stereocenters. The van der Waals surface area contributed by atoms with Gasteiger partial charge in [-0.3, -0.25) is 4.79 Å². The van der Waals surface area contributed by atoms with Gasteiger partial charge in [-0.05, 0) is 38.1 Å². The van der Waals surface area contributed by atoms with Crippen molar-refractivity contribution < 1.29 is 4.79 Å². The van der Waals surface area contributed by atoms with Crippen LogP contribution in [0.15, 0.2) is 29.2 Å². The van der Waals surface area contributed by atoms with Gasteiger partial charge in [0.1, 0.15) is 0 Å². The molecule has 0 aliphatic heterocycles. The molecule has 0 aliphatic rings. The number of rotatable bonds is 4. The van der Waals surface area contributed by atoms with E-state index in [0.717, 1.165) is 21.8 Å². The van der Waals surface area contributed by atoms with Crippen molar-refractivity contribution in [3.05, 3.63) is 51.3 Å². The molecule has 2 nitrogen and oxygen atoms in total. The lowest BCUT2D eigenvalue weighted by molar-refractivity contribution is 0.102. The van der Waals surface area contributed by atoms with Gasteiger partial charge in [0.15, 0.2) is 5.78 Å². The van der Waals surface area contributed by atoms with Gasteiger partial charge in [-0.1, -0.05) is 23.2 Å². The molecule has 0 spiro atoms. The molecule has 0 fully saturated rings. The van der Waals surface area contributed by atoms with Gasteiger partial charge in [-0.2, -0.15) is 0 Å². The van der Waals surface area contributed by atoms with Crippen LogP contribution in [0.2, 0.25) is 10.0 Å². The fourth-order valence-corrected chi connectivity index (χ4v) is 3.11. The van der Waals surface area contributed by atoms with Crippen molar-refractivity contribution in [3.63, 3.8) is 0 Å². The molecule has 1 aromatic heterocycles. The molecule has 0 aliphatic carbocycles. The first-order valence-electron chi connectivity index (χ1n) is 6.14. The van der Waals surface area contributed by atoms with Crippen molar-refractivity contribution in [1.29, 1.82) is 0 Å². The first-order valence-corrected chi connectivity index (χ1v) is 7.88. The SMILES string of the molecule is Cc1cc(C(=O)CSc2ccc(Cl)c(Cl)c2)c(C)n1C. The van der Waals surface area contributed by atoms with E-state index in [1.807, 2.05) is 37.6 Å². The topological polar surface area (TPSA) is 22.0 Å². The lowest BCUT2D eigenvalue weighted by Gasteiger charge is -2.04. The summed E-state index contributed by atoms with van der Waals surface area (Å²) in [6.45, 7) is 3.96. The molecule has 20 heavy (non-hydrogen) atoms. The number of benzene rings is 1. The smallest absolute Gasteiger partial charge is 0.174 e.